The molecule has 8 heteroatoms. The average molecular weight is 393 g/mol. The van der Waals surface area contributed by atoms with Gasteiger partial charge in [-0.3, -0.25) is 4.79 Å². The minimum atomic E-state index is -4.42. The highest BCUT2D eigenvalue weighted by Crippen LogP contribution is 2.29. The van der Waals surface area contributed by atoms with Crippen LogP contribution in [0, 0.1) is 0 Å². The van der Waals surface area contributed by atoms with Crippen molar-refractivity contribution in [3.63, 3.8) is 0 Å². The van der Waals surface area contributed by atoms with Gasteiger partial charge in [0.2, 0.25) is 0 Å². The van der Waals surface area contributed by atoms with Gasteiger partial charge in [0.25, 0.3) is 5.91 Å². The second-order valence-corrected chi connectivity index (χ2v) is 5.69. The largest absolute Gasteiger partial charge is 0.497 e. The molecule has 0 atom stereocenters. The van der Waals surface area contributed by atoms with E-state index in [-0.39, 0.29) is 6.54 Å². The number of methoxy groups -OCH3 is 1. The number of hydrogen-bond acceptors (Lipinski definition) is 4. The second kappa shape index (κ2) is 9.59. The summed E-state index contributed by atoms with van der Waals surface area (Å²) in [5, 5.41) is 2.60. The summed E-state index contributed by atoms with van der Waals surface area (Å²) in [7, 11) is 1.54. The highest BCUT2D eigenvalue weighted by atomic mass is 19.4. The maximum Gasteiger partial charge on any atom is 0.416 e. The van der Waals surface area contributed by atoms with Gasteiger partial charge >= 0.3 is 12.1 Å². The van der Waals surface area contributed by atoms with Gasteiger partial charge in [-0.15, -0.1) is 0 Å². The number of rotatable bonds is 7. The molecule has 0 radical (unpaired) electrons. The number of halogens is 3. The molecular weight excluding hydrogens is 375 g/mol. The van der Waals surface area contributed by atoms with Crippen LogP contribution in [0.2, 0.25) is 0 Å². The van der Waals surface area contributed by atoms with Crippen LogP contribution in [0.5, 0.6) is 5.75 Å². The van der Waals surface area contributed by atoms with Crippen LogP contribution in [0.4, 0.5) is 13.2 Å². The molecule has 0 spiro atoms. The lowest BCUT2D eigenvalue weighted by atomic mass is 10.1. The fourth-order valence-electron chi connectivity index (χ4n) is 2.17. The fraction of sp³-hybridized carbons (Fsp3) is 0.200. The first-order valence-corrected chi connectivity index (χ1v) is 8.19. The van der Waals surface area contributed by atoms with Crippen molar-refractivity contribution < 1.29 is 32.2 Å². The smallest absolute Gasteiger partial charge is 0.416 e. The molecule has 1 amide bonds. The van der Waals surface area contributed by atoms with E-state index in [1.165, 1.54) is 25.3 Å². The number of amides is 1. The van der Waals surface area contributed by atoms with E-state index < -0.39 is 30.2 Å². The molecule has 0 heterocycles. The number of alkyl halides is 3. The van der Waals surface area contributed by atoms with Gasteiger partial charge in [-0.2, -0.15) is 13.2 Å². The molecule has 0 aliphatic carbocycles. The van der Waals surface area contributed by atoms with Gasteiger partial charge in [-0.25, -0.2) is 4.79 Å². The Balaban J connectivity index is 1.76. The summed E-state index contributed by atoms with van der Waals surface area (Å²) in [6.07, 6.45) is -2.08. The summed E-state index contributed by atoms with van der Waals surface area (Å²) in [5.74, 6) is -0.609. The second-order valence-electron chi connectivity index (χ2n) is 5.69. The van der Waals surface area contributed by atoms with Crippen molar-refractivity contribution in [2.75, 3.05) is 13.7 Å². The lowest BCUT2D eigenvalue weighted by molar-refractivity contribution is -0.143. The number of ether oxygens (including phenoxy) is 2. The number of esters is 1. The molecule has 28 heavy (non-hydrogen) atoms. The summed E-state index contributed by atoms with van der Waals surface area (Å²) in [5.41, 5.74) is 0.439. The fourth-order valence-corrected chi connectivity index (χ4v) is 2.17. The minimum absolute atomic E-state index is 0.245. The third-order valence-corrected chi connectivity index (χ3v) is 3.62. The predicted molar refractivity (Wildman–Crippen MR) is 96.3 cm³/mol. The van der Waals surface area contributed by atoms with Gasteiger partial charge in [0.05, 0.1) is 12.7 Å². The van der Waals surface area contributed by atoms with E-state index in [9.17, 15) is 22.8 Å². The van der Waals surface area contributed by atoms with Crippen molar-refractivity contribution in [1.82, 2.24) is 5.32 Å². The Hall–Kier alpha value is -3.29. The molecule has 148 valence electrons. The van der Waals surface area contributed by atoms with Crippen LogP contribution in [-0.4, -0.2) is 25.6 Å². The lowest BCUT2D eigenvalue weighted by Gasteiger charge is -2.07. The first-order valence-electron chi connectivity index (χ1n) is 8.19. The zero-order valence-corrected chi connectivity index (χ0v) is 15.0. The van der Waals surface area contributed by atoms with Crippen molar-refractivity contribution in [3.05, 3.63) is 71.3 Å². The van der Waals surface area contributed by atoms with Crippen molar-refractivity contribution in [2.24, 2.45) is 0 Å². The molecule has 0 aliphatic rings. The molecule has 1 N–H and O–H groups in total. The van der Waals surface area contributed by atoms with E-state index in [1.54, 1.807) is 18.2 Å². The van der Waals surface area contributed by atoms with Crippen LogP contribution in [0.3, 0.4) is 0 Å². The summed E-state index contributed by atoms with van der Waals surface area (Å²) in [6, 6.07) is 11.4. The van der Waals surface area contributed by atoms with E-state index in [0.717, 1.165) is 23.8 Å². The van der Waals surface area contributed by atoms with E-state index in [4.69, 9.17) is 9.47 Å². The predicted octanol–water partition coefficient (Wildman–Crippen LogP) is 3.59. The minimum Gasteiger partial charge on any atom is -0.497 e. The van der Waals surface area contributed by atoms with E-state index >= 15 is 0 Å². The van der Waals surface area contributed by atoms with E-state index in [1.807, 2.05) is 6.07 Å². The Kier molecular flexibility index (Phi) is 7.20. The van der Waals surface area contributed by atoms with Crippen LogP contribution in [0.25, 0.3) is 6.08 Å². The Bertz CT molecular complexity index is 845. The highest BCUT2D eigenvalue weighted by molar-refractivity contribution is 5.89. The molecule has 2 aromatic rings. The molecule has 2 aromatic carbocycles. The molecule has 0 bridgehead atoms. The highest BCUT2D eigenvalue weighted by Gasteiger charge is 2.29. The first kappa shape index (κ1) is 21.0. The molecule has 5 nitrogen and oxygen atoms in total. The van der Waals surface area contributed by atoms with Crippen LogP contribution in [0.15, 0.2) is 54.6 Å². The lowest BCUT2D eigenvalue weighted by Crippen LogP contribution is -2.28. The van der Waals surface area contributed by atoms with Crippen LogP contribution in [-0.2, 0) is 27.0 Å². The molecule has 0 fully saturated rings. The number of carbonyl (C=O) groups is 2. The van der Waals surface area contributed by atoms with Crippen LogP contribution < -0.4 is 10.1 Å². The van der Waals surface area contributed by atoms with Gasteiger partial charge < -0.3 is 14.8 Å². The first-order chi connectivity index (χ1) is 13.3. The SMILES string of the molecule is COc1cccc(CNC(=O)COC(=O)/C=C/c2ccc(C(F)(F)F)cc2)c1. The van der Waals surface area contributed by atoms with Gasteiger partial charge in [0.1, 0.15) is 5.75 Å². The quantitative estimate of drug-likeness (QED) is 0.577. The summed E-state index contributed by atoms with van der Waals surface area (Å²) < 4.78 is 47.3. The van der Waals surface area contributed by atoms with Gasteiger partial charge in [0, 0.05) is 12.6 Å². The van der Waals surface area contributed by atoms with Crippen molar-refractivity contribution in [3.8, 4) is 5.75 Å². The zero-order chi connectivity index (χ0) is 20.6. The topological polar surface area (TPSA) is 64.6 Å². The van der Waals surface area contributed by atoms with Crippen molar-refractivity contribution in [1.29, 1.82) is 0 Å². The monoisotopic (exact) mass is 393 g/mol. The standard InChI is InChI=1S/C20H18F3NO4/c1-27-17-4-2-3-15(11-17)12-24-18(25)13-28-19(26)10-7-14-5-8-16(9-6-14)20(21,22)23/h2-11H,12-13H2,1H3,(H,24,25)/b10-7+. The van der Waals surface area contributed by atoms with Crippen molar-refractivity contribution >= 4 is 18.0 Å². The van der Waals surface area contributed by atoms with Gasteiger partial charge in [-0.1, -0.05) is 24.3 Å². The number of carbonyl (C=O) groups excluding carboxylic acids is 2. The molecular formula is C20H18F3NO4. The third kappa shape index (κ3) is 6.79. The molecule has 2 rings (SSSR count). The molecule has 0 saturated heterocycles. The van der Waals surface area contributed by atoms with Gasteiger partial charge in [0.15, 0.2) is 6.61 Å². The van der Waals surface area contributed by atoms with Crippen LogP contribution >= 0.6 is 0 Å². The maximum atomic E-state index is 12.5. The van der Waals surface area contributed by atoms with E-state index in [0.29, 0.717) is 11.3 Å². The molecule has 0 aromatic heterocycles. The van der Waals surface area contributed by atoms with Gasteiger partial charge in [-0.05, 0) is 41.5 Å². The average Bonchev–Trinajstić information content (AvgIpc) is 2.69. The van der Waals surface area contributed by atoms with Crippen molar-refractivity contribution in [2.45, 2.75) is 12.7 Å². The Morgan fingerprint density at radius 3 is 2.46 bits per heavy atom. The Morgan fingerprint density at radius 1 is 1.11 bits per heavy atom. The summed E-state index contributed by atoms with van der Waals surface area (Å²) >= 11 is 0. The molecule has 0 aliphatic heterocycles. The Labute approximate surface area is 159 Å². The summed E-state index contributed by atoms with van der Waals surface area (Å²) in [6.45, 7) is -0.227. The number of hydrogen-bond donors (Lipinski definition) is 1. The molecule has 0 unspecified atom stereocenters. The normalized spacial score (nSPS) is 11.3. The third-order valence-electron chi connectivity index (χ3n) is 3.62. The number of nitrogens with one attached hydrogen (secondary N) is 1. The van der Waals surface area contributed by atoms with Crippen LogP contribution in [0.1, 0.15) is 16.7 Å². The molecule has 0 saturated carbocycles. The number of benzene rings is 2. The maximum absolute atomic E-state index is 12.5. The Morgan fingerprint density at radius 2 is 1.82 bits per heavy atom. The zero-order valence-electron chi connectivity index (χ0n) is 15.0. The summed E-state index contributed by atoms with van der Waals surface area (Å²) in [4.78, 5) is 23.4. The van der Waals surface area contributed by atoms with E-state index in [2.05, 4.69) is 5.32 Å².